The van der Waals surface area contributed by atoms with Crippen molar-refractivity contribution in [3.63, 3.8) is 0 Å². The summed E-state index contributed by atoms with van der Waals surface area (Å²) in [6.45, 7) is 0. The molecule has 1 heterocycles. The molecule has 2 aromatic rings. The maximum atomic E-state index is 11.7. The zero-order chi connectivity index (χ0) is 13.0. The van der Waals surface area contributed by atoms with Crippen LogP contribution in [0.1, 0.15) is 16.2 Å². The molecule has 0 aliphatic heterocycles. The molecule has 0 bridgehead atoms. The molecule has 1 aromatic carbocycles. The van der Waals surface area contributed by atoms with Crippen LogP contribution in [0.5, 0.6) is 5.75 Å². The Kier molecular flexibility index (Phi) is 3.20. The van der Waals surface area contributed by atoms with Gasteiger partial charge in [-0.3, -0.25) is 9.89 Å². The molecule has 0 spiro atoms. The van der Waals surface area contributed by atoms with E-state index in [-0.39, 0.29) is 5.82 Å². The van der Waals surface area contributed by atoms with Crippen molar-refractivity contribution in [3.8, 4) is 11.8 Å². The topological polar surface area (TPSA) is 104 Å². The number of hydrogen-bond acceptors (Lipinski definition) is 5. The van der Waals surface area contributed by atoms with Crippen LogP contribution in [-0.4, -0.2) is 28.2 Å². The molecule has 0 atom stereocenters. The number of carbonyl (C=O) groups is 1. The summed E-state index contributed by atoms with van der Waals surface area (Å²) in [5, 5.41) is 17.4. The van der Waals surface area contributed by atoms with E-state index in [0.717, 1.165) is 0 Å². The number of ether oxygens (including phenoxy) is 1. The number of aromatic amines is 1. The second-order valence-corrected chi connectivity index (χ2v) is 3.32. The molecule has 7 heteroatoms. The molecule has 18 heavy (non-hydrogen) atoms. The summed E-state index contributed by atoms with van der Waals surface area (Å²) in [7, 11) is 1.46. The fourth-order valence-electron chi connectivity index (χ4n) is 1.36. The maximum Gasteiger partial charge on any atom is 0.293 e. The van der Waals surface area contributed by atoms with E-state index in [1.165, 1.54) is 19.5 Å². The van der Waals surface area contributed by atoms with Gasteiger partial charge in [-0.1, -0.05) is 0 Å². The van der Waals surface area contributed by atoms with Crippen molar-refractivity contribution in [3.05, 3.63) is 35.9 Å². The second-order valence-electron chi connectivity index (χ2n) is 3.32. The molecule has 0 fully saturated rings. The minimum atomic E-state index is -0.435. The number of aromatic nitrogens is 3. The summed E-state index contributed by atoms with van der Waals surface area (Å²) in [6.07, 6.45) is 1.24. The Bertz CT molecular complexity index is 600. The summed E-state index contributed by atoms with van der Waals surface area (Å²) in [4.78, 5) is 15.5. The van der Waals surface area contributed by atoms with E-state index in [2.05, 4.69) is 20.5 Å². The Morgan fingerprint density at radius 1 is 1.56 bits per heavy atom. The number of nitrogens with zero attached hydrogens (tertiary/aromatic N) is 3. The van der Waals surface area contributed by atoms with Crippen LogP contribution in [0.25, 0.3) is 0 Å². The molecule has 0 saturated carbocycles. The van der Waals surface area contributed by atoms with E-state index in [1.54, 1.807) is 12.1 Å². The molecule has 0 unspecified atom stereocenters. The molecule has 2 rings (SSSR count). The van der Waals surface area contributed by atoms with Crippen molar-refractivity contribution in [2.24, 2.45) is 0 Å². The Labute approximate surface area is 102 Å². The van der Waals surface area contributed by atoms with Crippen molar-refractivity contribution in [2.75, 3.05) is 12.4 Å². The fourth-order valence-corrected chi connectivity index (χ4v) is 1.36. The molecule has 0 saturated heterocycles. The molecular weight excluding hydrogens is 234 g/mol. The van der Waals surface area contributed by atoms with Gasteiger partial charge in [-0.15, -0.1) is 0 Å². The zero-order valence-corrected chi connectivity index (χ0v) is 9.47. The Balaban J connectivity index is 2.24. The number of H-pyrrole nitrogens is 1. The number of rotatable bonds is 3. The number of hydrogen-bond donors (Lipinski definition) is 2. The average molecular weight is 243 g/mol. The van der Waals surface area contributed by atoms with Crippen molar-refractivity contribution in [2.45, 2.75) is 0 Å². The largest absolute Gasteiger partial charge is 0.495 e. The van der Waals surface area contributed by atoms with Crippen LogP contribution in [-0.2, 0) is 0 Å². The van der Waals surface area contributed by atoms with Gasteiger partial charge in [0.15, 0.2) is 0 Å². The molecule has 0 aliphatic carbocycles. The van der Waals surface area contributed by atoms with Gasteiger partial charge < -0.3 is 10.1 Å². The molecule has 1 amide bonds. The molecule has 0 aliphatic rings. The quantitative estimate of drug-likeness (QED) is 0.834. The summed E-state index contributed by atoms with van der Waals surface area (Å²) >= 11 is 0. The average Bonchev–Trinajstić information content (AvgIpc) is 2.93. The highest BCUT2D eigenvalue weighted by Gasteiger charge is 2.12. The van der Waals surface area contributed by atoms with Gasteiger partial charge in [-0.05, 0) is 12.1 Å². The van der Waals surface area contributed by atoms with Crippen molar-refractivity contribution in [1.29, 1.82) is 5.26 Å². The normalized spacial score (nSPS) is 9.56. The minimum absolute atomic E-state index is 0.0985. The number of methoxy groups -OCH3 is 1. The van der Waals surface area contributed by atoms with E-state index < -0.39 is 5.91 Å². The van der Waals surface area contributed by atoms with Gasteiger partial charge in [0.1, 0.15) is 12.1 Å². The van der Waals surface area contributed by atoms with Gasteiger partial charge in [0.2, 0.25) is 5.82 Å². The molecular formula is C11H9N5O2. The predicted molar refractivity (Wildman–Crippen MR) is 62.0 cm³/mol. The van der Waals surface area contributed by atoms with Crippen LogP contribution in [0.15, 0.2) is 24.5 Å². The zero-order valence-electron chi connectivity index (χ0n) is 9.47. The highest BCUT2D eigenvalue weighted by Crippen LogP contribution is 2.25. The van der Waals surface area contributed by atoms with Gasteiger partial charge in [-0.25, -0.2) is 4.98 Å². The fraction of sp³-hybridized carbons (Fsp3) is 0.0909. The van der Waals surface area contributed by atoms with E-state index in [4.69, 9.17) is 10.00 Å². The lowest BCUT2D eigenvalue weighted by atomic mass is 10.2. The molecule has 1 aromatic heterocycles. The Morgan fingerprint density at radius 2 is 2.39 bits per heavy atom. The number of nitriles is 1. The molecule has 0 radical (unpaired) electrons. The van der Waals surface area contributed by atoms with E-state index >= 15 is 0 Å². The van der Waals surface area contributed by atoms with Crippen LogP contribution in [0, 0.1) is 11.3 Å². The first-order valence-electron chi connectivity index (χ1n) is 4.99. The third-order valence-electron chi connectivity index (χ3n) is 2.21. The van der Waals surface area contributed by atoms with Crippen LogP contribution in [0.4, 0.5) is 5.69 Å². The van der Waals surface area contributed by atoms with Crippen molar-refractivity contribution >= 4 is 11.6 Å². The molecule has 7 nitrogen and oxygen atoms in total. The number of benzene rings is 1. The van der Waals surface area contributed by atoms with Crippen LogP contribution in [0.3, 0.4) is 0 Å². The van der Waals surface area contributed by atoms with Gasteiger partial charge in [0.05, 0.1) is 24.4 Å². The van der Waals surface area contributed by atoms with Gasteiger partial charge in [0, 0.05) is 6.07 Å². The van der Waals surface area contributed by atoms with Crippen molar-refractivity contribution in [1.82, 2.24) is 15.2 Å². The highest BCUT2D eigenvalue weighted by atomic mass is 16.5. The van der Waals surface area contributed by atoms with E-state index in [9.17, 15) is 4.79 Å². The van der Waals surface area contributed by atoms with Gasteiger partial charge in [-0.2, -0.15) is 10.4 Å². The lowest BCUT2D eigenvalue weighted by Gasteiger charge is -2.09. The second kappa shape index (κ2) is 4.97. The SMILES string of the molecule is COc1cc(C#N)ccc1NC(=O)c1ncn[nH]1. The highest BCUT2D eigenvalue weighted by molar-refractivity contribution is 6.02. The molecule has 90 valence electrons. The lowest BCUT2D eigenvalue weighted by molar-refractivity contribution is 0.101. The minimum Gasteiger partial charge on any atom is -0.495 e. The summed E-state index contributed by atoms with van der Waals surface area (Å²) < 4.78 is 5.09. The first kappa shape index (κ1) is 11.6. The lowest BCUT2D eigenvalue weighted by Crippen LogP contribution is -2.14. The monoisotopic (exact) mass is 243 g/mol. The standard InChI is InChI=1S/C11H9N5O2/c1-18-9-4-7(5-12)2-3-8(9)15-11(17)10-13-6-14-16-10/h2-4,6H,1H3,(H,15,17)(H,13,14,16). The Hall–Kier alpha value is -2.88. The Morgan fingerprint density at radius 3 is 3.00 bits per heavy atom. The number of amides is 1. The smallest absolute Gasteiger partial charge is 0.293 e. The van der Waals surface area contributed by atoms with Crippen molar-refractivity contribution < 1.29 is 9.53 Å². The van der Waals surface area contributed by atoms with E-state index in [1.807, 2.05) is 6.07 Å². The maximum absolute atomic E-state index is 11.7. The number of carbonyl (C=O) groups excluding carboxylic acids is 1. The summed E-state index contributed by atoms with van der Waals surface area (Å²) in [5.74, 6) is 0.0684. The number of anilines is 1. The summed E-state index contributed by atoms with van der Waals surface area (Å²) in [5.41, 5.74) is 0.905. The predicted octanol–water partition coefficient (Wildman–Crippen LogP) is 0.937. The first-order chi connectivity index (χ1) is 8.74. The molecule has 2 N–H and O–H groups in total. The van der Waals surface area contributed by atoms with Gasteiger partial charge in [0.25, 0.3) is 5.91 Å². The van der Waals surface area contributed by atoms with Crippen LogP contribution >= 0.6 is 0 Å². The van der Waals surface area contributed by atoms with Crippen LogP contribution in [0.2, 0.25) is 0 Å². The third kappa shape index (κ3) is 2.27. The van der Waals surface area contributed by atoms with E-state index in [0.29, 0.717) is 17.0 Å². The summed E-state index contributed by atoms with van der Waals surface area (Å²) in [6, 6.07) is 6.70. The van der Waals surface area contributed by atoms with Crippen LogP contribution < -0.4 is 10.1 Å². The number of nitrogens with one attached hydrogen (secondary N) is 2. The third-order valence-corrected chi connectivity index (χ3v) is 2.21. The first-order valence-corrected chi connectivity index (χ1v) is 4.99. The van der Waals surface area contributed by atoms with Gasteiger partial charge >= 0.3 is 0 Å².